The van der Waals surface area contributed by atoms with Gasteiger partial charge in [0.05, 0.1) is 12.7 Å². The molecule has 1 aliphatic heterocycles. The lowest BCUT2D eigenvalue weighted by Crippen LogP contribution is -2.28. The van der Waals surface area contributed by atoms with E-state index in [1.807, 2.05) is 0 Å². The zero-order chi connectivity index (χ0) is 11.0. The molecule has 1 aliphatic rings. The van der Waals surface area contributed by atoms with Crippen LogP contribution in [0.2, 0.25) is 0 Å². The molecule has 0 aromatic carbocycles. The standard InChI is InChI=1S/C12H24O2/c1-11(2,3)7-9-8-13-10(14-9)12(4,5)6/h9-10H,7-8H2,1-6H3. The maximum absolute atomic E-state index is 5.88. The molecular weight excluding hydrogens is 176 g/mol. The Hall–Kier alpha value is -0.0800. The van der Waals surface area contributed by atoms with Gasteiger partial charge >= 0.3 is 0 Å². The van der Waals surface area contributed by atoms with Crippen LogP contribution in [0.1, 0.15) is 48.0 Å². The van der Waals surface area contributed by atoms with E-state index >= 15 is 0 Å². The zero-order valence-corrected chi connectivity index (χ0v) is 10.4. The Balaban J connectivity index is 2.42. The van der Waals surface area contributed by atoms with Gasteiger partial charge in [0, 0.05) is 5.41 Å². The van der Waals surface area contributed by atoms with Crippen LogP contribution in [-0.2, 0) is 9.47 Å². The van der Waals surface area contributed by atoms with E-state index in [0.29, 0.717) is 5.41 Å². The van der Waals surface area contributed by atoms with Crippen LogP contribution in [0.5, 0.6) is 0 Å². The second kappa shape index (κ2) is 3.82. The van der Waals surface area contributed by atoms with Crippen LogP contribution in [0, 0.1) is 10.8 Å². The van der Waals surface area contributed by atoms with Gasteiger partial charge in [-0.15, -0.1) is 0 Å². The molecule has 14 heavy (non-hydrogen) atoms. The highest BCUT2D eigenvalue weighted by Gasteiger charge is 2.36. The molecule has 0 aliphatic carbocycles. The molecule has 1 saturated heterocycles. The quantitative estimate of drug-likeness (QED) is 0.647. The lowest BCUT2D eigenvalue weighted by Gasteiger charge is -2.26. The maximum atomic E-state index is 5.88. The van der Waals surface area contributed by atoms with E-state index in [1.54, 1.807) is 0 Å². The van der Waals surface area contributed by atoms with Crippen LogP contribution < -0.4 is 0 Å². The van der Waals surface area contributed by atoms with Crippen LogP contribution in [-0.4, -0.2) is 19.0 Å². The van der Waals surface area contributed by atoms with Crippen LogP contribution >= 0.6 is 0 Å². The normalized spacial score (nSPS) is 29.6. The highest BCUT2D eigenvalue weighted by Crippen LogP contribution is 2.33. The summed E-state index contributed by atoms with van der Waals surface area (Å²) >= 11 is 0. The number of hydrogen-bond donors (Lipinski definition) is 0. The molecule has 0 radical (unpaired) electrons. The third-order valence-corrected chi connectivity index (χ3v) is 2.30. The van der Waals surface area contributed by atoms with E-state index in [-0.39, 0.29) is 17.8 Å². The van der Waals surface area contributed by atoms with E-state index < -0.39 is 0 Å². The Kier molecular flexibility index (Phi) is 3.27. The predicted octanol–water partition coefficient (Wildman–Crippen LogP) is 3.21. The summed E-state index contributed by atoms with van der Waals surface area (Å²) in [6, 6.07) is 0. The third kappa shape index (κ3) is 3.58. The molecule has 0 aromatic rings. The molecule has 1 fully saturated rings. The molecular formula is C12H24O2. The minimum atomic E-state index is -0.0325. The molecule has 2 atom stereocenters. The first-order valence-electron chi connectivity index (χ1n) is 5.45. The van der Waals surface area contributed by atoms with Crippen molar-refractivity contribution in [2.45, 2.75) is 60.4 Å². The van der Waals surface area contributed by atoms with Gasteiger partial charge in [-0.05, 0) is 11.8 Å². The topological polar surface area (TPSA) is 18.5 Å². The van der Waals surface area contributed by atoms with Gasteiger partial charge in [0.25, 0.3) is 0 Å². The second-order valence-corrected chi connectivity index (χ2v) is 6.55. The monoisotopic (exact) mass is 200 g/mol. The summed E-state index contributed by atoms with van der Waals surface area (Å²) in [6.07, 6.45) is 1.31. The SMILES string of the molecule is CC(C)(C)CC1COC(C(C)(C)C)O1. The van der Waals surface area contributed by atoms with E-state index in [0.717, 1.165) is 13.0 Å². The lowest BCUT2D eigenvalue weighted by atomic mass is 9.89. The van der Waals surface area contributed by atoms with Gasteiger partial charge < -0.3 is 9.47 Å². The largest absolute Gasteiger partial charge is 0.349 e. The van der Waals surface area contributed by atoms with Crippen molar-refractivity contribution >= 4 is 0 Å². The van der Waals surface area contributed by atoms with Gasteiger partial charge in [-0.3, -0.25) is 0 Å². The fraction of sp³-hybridized carbons (Fsp3) is 1.00. The molecule has 0 N–H and O–H groups in total. The van der Waals surface area contributed by atoms with E-state index in [1.165, 1.54) is 0 Å². The maximum Gasteiger partial charge on any atom is 0.162 e. The summed E-state index contributed by atoms with van der Waals surface area (Å²) in [5.41, 5.74) is 0.410. The van der Waals surface area contributed by atoms with Crippen molar-refractivity contribution < 1.29 is 9.47 Å². The van der Waals surface area contributed by atoms with Crippen molar-refractivity contribution in [1.29, 1.82) is 0 Å². The Labute approximate surface area is 88.0 Å². The van der Waals surface area contributed by atoms with Crippen LogP contribution in [0.4, 0.5) is 0 Å². The van der Waals surface area contributed by atoms with Gasteiger partial charge in [0.2, 0.25) is 0 Å². The van der Waals surface area contributed by atoms with Gasteiger partial charge in [0.15, 0.2) is 6.29 Å². The Morgan fingerprint density at radius 1 is 1.07 bits per heavy atom. The minimum absolute atomic E-state index is 0.0325. The lowest BCUT2D eigenvalue weighted by molar-refractivity contribution is -0.127. The first-order valence-corrected chi connectivity index (χ1v) is 5.45. The Bertz CT molecular complexity index is 185. The molecule has 2 heteroatoms. The van der Waals surface area contributed by atoms with Gasteiger partial charge in [0.1, 0.15) is 0 Å². The van der Waals surface area contributed by atoms with Gasteiger partial charge in [-0.25, -0.2) is 0 Å². The summed E-state index contributed by atoms with van der Waals surface area (Å²) in [7, 11) is 0. The average molecular weight is 200 g/mol. The molecule has 1 heterocycles. The first kappa shape index (κ1) is 12.0. The number of ether oxygens (including phenoxy) is 2. The zero-order valence-electron chi connectivity index (χ0n) is 10.4. The van der Waals surface area contributed by atoms with Crippen LogP contribution in [0.25, 0.3) is 0 Å². The molecule has 2 unspecified atom stereocenters. The first-order chi connectivity index (χ1) is 6.18. The summed E-state index contributed by atoms with van der Waals surface area (Å²) in [5, 5.41) is 0. The van der Waals surface area contributed by atoms with Crippen molar-refractivity contribution in [1.82, 2.24) is 0 Å². The molecule has 0 amide bonds. The summed E-state index contributed by atoms with van der Waals surface area (Å²) in [4.78, 5) is 0. The van der Waals surface area contributed by atoms with Crippen LogP contribution in [0.3, 0.4) is 0 Å². The molecule has 1 rings (SSSR count). The Morgan fingerprint density at radius 3 is 2.00 bits per heavy atom. The van der Waals surface area contributed by atoms with Crippen molar-refractivity contribution in [3.8, 4) is 0 Å². The molecule has 2 nitrogen and oxygen atoms in total. The fourth-order valence-electron chi connectivity index (χ4n) is 1.69. The summed E-state index contributed by atoms with van der Waals surface area (Å²) in [6.45, 7) is 13.9. The molecule has 84 valence electrons. The number of rotatable bonds is 1. The van der Waals surface area contributed by atoms with E-state index in [2.05, 4.69) is 41.5 Å². The van der Waals surface area contributed by atoms with Crippen molar-refractivity contribution in [2.24, 2.45) is 10.8 Å². The van der Waals surface area contributed by atoms with Crippen molar-refractivity contribution in [2.75, 3.05) is 6.61 Å². The van der Waals surface area contributed by atoms with Crippen molar-refractivity contribution in [3.05, 3.63) is 0 Å². The van der Waals surface area contributed by atoms with Gasteiger partial charge in [-0.1, -0.05) is 41.5 Å². The van der Waals surface area contributed by atoms with E-state index in [9.17, 15) is 0 Å². The highest BCUT2D eigenvalue weighted by atomic mass is 16.7. The molecule has 0 saturated carbocycles. The molecule has 0 bridgehead atoms. The average Bonchev–Trinajstić information content (AvgIpc) is 2.29. The molecule has 0 spiro atoms. The van der Waals surface area contributed by atoms with E-state index in [4.69, 9.17) is 9.47 Å². The number of hydrogen-bond acceptors (Lipinski definition) is 2. The van der Waals surface area contributed by atoms with Crippen molar-refractivity contribution in [3.63, 3.8) is 0 Å². The summed E-state index contributed by atoms with van der Waals surface area (Å²) in [5.74, 6) is 0. The Morgan fingerprint density at radius 2 is 1.64 bits per heavy atom. The molecule has 0 aromatic heterocycles. The third-order valence-electron chi connectivity index (χ3n) is 2.30. The minimum Gasteiger partial charge on any atom is -0.349 e. The predicted molar refractivity (Wildman–Crippen MR) is 58.1 cm³/mol. The summed E-state index contributed by atoms with van der Waals surface area (Å²) < 4.78 is 11.5. The van der Waals surface area contributed by atoms with Gasteiger partial charge in [-0.2, -0.15) is 0 Å². The van der Waals surface area contributed by atoms with Crippen LogP contribution in [0.15, 0.2) is 0 Å². The smallest absolute Gasteiger partial charge is 0.162 e. The fourth-order valence-corrected chi connectivity index (χ4v) is 1.69. The second-order valence-electron chi connectivity index (χ2n) is 6.55. The highest BCUT2D eigenvalue weighted by molar-refractivity contribution is 4.77.